The Morgan fingerprint density at radius 3 is 1.57 bits per heavy atom. The fourth-order valence-electron chi connectivity index (χ4n) is 2.49. The maximum Gasteiger partial charge on any atom is 0.118 e. The van der Waals surface area contributed by atoms with Gasteiger partial charge in [0.25, 0.3) is 0 Å². The van der Waals surface area contributed by atoms with Crippen molar-refractivity contribution in [3.05, 3.63) is 59.7 Å². The van der Waals surface area contributed by atoms with Crippen LogP contribution in [0.4, 0.5) is 0 Å². The first-order chi connectivity index (χ1) is 10.2. The average molecular weight is 282 g/mol. The van der Waals surface area contributed by atoms with Crippen LogP contribution in [-0.4, -0.2) is 14.2 Å². The highest BCUT2D eigenvalue weighted by Gasteiger charge is 2.07. The summed E-state index contributed by atoms with van der Waals surface area (Å²) in [5.41, 5.74) is 5.11. The average Bonchev–Trinajstić information content (AvgIpc) is 2.56. The summed E-state index contributed by atoms with van der Waals surface area (Å²) in [6.45, 7) is 4.36. The van der Waals surface area contributed by atoms with Crippen LogP contribution in [-0.2, 0) is 0 Å². The van der Waals surface area contributed by atoms with Gasteiger partial charge in [-0.05, 0) is 59.9 Å². The van der Waals surface area contributed by atoms with Gasteiger partial charge in [-0.3, -0.25) is 0 Å². The van der Waals surface area contributed by atoms with Crippen LogP contribution in [0.5, 0.6) is 11.5 Å². The van der Waals surface area contributed by atoms with Gasteiger partial charge in [-0.2, -0.15) is 0 Å². The van der Waals surface area contributed by atoms with Crippen LogP contribution in [0, 0.1) is 0 Å². The molecule has 2 nitrogen and oxygen atoms in total. The molecule has 2 rings (SSSR count). The van der Waals surface area contributed by atoms with Crippen molar-refractivity contribution in [1.82, 2.24) is 0 Å². The Kier molecular flexibility index (Phi) is 5.04. The highest BCUT2D eigenvalue weighted by molar-refractivity contribution is 5.89. The first-order valence-corrected chi connectivity index (χ1v) is 7.18. The second-order valence-corrected chi connectivity index (χ2v) is 4.91. The Morgan fingerprint density at radius 1 is 0.762 bits per heavy atom. The van der Waals surface area contributed by atoms with Crippen LogP contribution in [0.1, 0.15) is 31.4 Å². The summed E-state index contributed by atoms with van der Waals surface area (Å²) >= 11 is 0. The second kappa shape index (κ2) is 6.98. The van der Waals surface area contributed by atoms with Crippen molar-refractivity contribution in [2.24, 2.45) is 0 Å². The quantitative estimate of drug-likeness (QED) is 0.715. The molecule has 0 saturated carbocycles. The molecule has 0 aromatic heterocycles. The molecule has 0 saturated heterocycles. The highest BCUT2D eigenvalue weighted by atomic mass is 16.5. The fourth-order valence-corrected chi connectivity index (χ4v) is 2.49. The zero-order chi connectivity index (χ0) is 15.2. The van der Waals surface area contributed by atoms with E-state index in [0.717, 1.165) is 17.9 Å². The lowest BCUT2D eigenvalue weighted by molar-refractivity contribution is 0.414. The minimum absolute atomic E-state index is 0.883. The van der Waals surface area contributed by atoms with Crippen molar-refractivity contribution in [3.63, 3.8) is 0 Å². The molecule has 0 spiro atoms. The van der Waals surface area contributed by atoms with Gasteiger partial charge in [0.2, 0.25) is 0 Å². The molecule has 0 heterocycles. The zero-order valence-electron chi connectivity index (χ0n) is 13.1. The van der Waals surface area contributed by atoms with Crippen molar-refractivity contribution in [2.75, 3.05) is 14.2 Å². The molecule has 0 amide bonds. The van der Waals surface area contributed by atoms with E-state index < -0.39 is 0 Å². The van der Waals surface area contributed by atoms with E-state index in [1.807, 2.05) is 24.3 Å². The summed E-state index contributed by atoms with van der Waals surface area (Å²) in [5.74, 6) is 1.77. The van der Waals surface area contributed by atoms with Gasteiger partial charge >= 0.3 is 0 Å². The third kappa shape index (κ3) is 3.46. The van der Waals surface area contributed by atoms with Gasteiger partial charge in [0, 0.05) is 0 Å². The van der Waals surface area contributed by atoms with Crippen LogP contribution in [0.2, 0.25) is 0 Å². The van der Waals surface area contributed by atoms with Gasteiger partial charge in [0.1, 0.15) is 11.5 Å². The molecule has 2 aromatic carbocycles. The third-order valence-corrected chi connectivity index (χ3v) is 3.77. The van der Waals surface area contributed by atoms with E-state index in [-0.39, 0.29) is 0 Å². The van der Waals surface area contributed by atoms with Gasteiger partial charge < -0.3 is 9.47 Å². The molecule has 0 aliphatic heterocycles. The number of hydrogen-bond donors (Lipinski definition) is 0. The molecular formula is C19H22O2. The minimum atomic E-state index is 0.883. The van der Waals surface area contributed by atoms with Gasteiger partial charge in [0.05, 0.1) is 14.2 Å². The standard InChI is InChI=1S/C19H22O2/c1-5-19(16-8-12-18(21-4)13-9-16)14(2)15-6-10-17(20-3)11-7-15/h6-13H,5H2,1-4H3/b19-14-. The SMILES string of the molecule is CC/C(=C(\C)c1ccc(OC)cc1)c1ccc(OC)cc1. The minimum Gasteiger partial charge on any atom is -0.497 e. The van der Waals surface area contributed by atoms with Crippen molar-refractivity contribution >= 4 is 11.1 Å². The Bertz CT molecular complexity index is 607. The molecule has 0 fully saturated rings. The van der Waals surface area contributed by atoms with Crippen molar-refractivity contribution in [1.29, 1.82) is 0 Å². The van der Waals surface area contributed by atoms with Gasteiger partial charge in [-0.15, -0.1) is 0 Å². The molecule has 0 radical (unpaired) electrons. The molecule has 0 unspecified atom stereocenters. The number of benzene rings is 2. The first-order valence-electron chi connectivity index (χ1n) is 7.18. The Hall–Kier alpha value is -2.22. The maximum atomic E-state index is 5.22. The monoisotopic (exact) mass is 282 g/mol. The van der Waals surface area contributed by atoms with Crippen LogP contribution in [0.25, 0.3) is 11.1 Å². The van der Waals surface area contributed by atoms with Gasteiger partial charge in [0.15, 0.2) is 0 Å². The highest BCUT2D eigenvalue weighted by Crippen LogP contribution is 2.30. The number of allylic oxidation sites excluding steroid dienone is 2. The summed E-state index contributed by atoms with van der Waals surface area (Å²) in [7, 11) is 3.38. The zero-order valence-corrected chi connectivity index (χ0v) is 13.1. The molecule has 2 heteroatoms. The van der Waals surface area contributed by atoms with E-state index in [1.54, 1.807) is 14.2 Å². The lowest BCUT2D eigenvalue weighted by Gasteiger charge is -2.12. The van der Waals surface area contributed by atoms with Gasteiger partial charge in [-0.1, -0.05) is 31.2 Å². The Balaban J connectivity index is 2.39. The first kappa shape index (κ1) is 15.2. The number of ether oxygens (including phenoxy) is 2. The maximum absolute atomic E-state index is 5.22. The number of rotatable bonds is 5. The predicted octanol–water partition coefficient (Wildman–Crippen LogP) is 5.04. The fraction of sp³-hybridized carbons (Fsp3) is 0.263. The molecule has 110 valence electrons. The normalized spacial score (nSPS) is 11.8. The van der Waals surface area contributed by atoms with E-state index in [1.165, 1.54) is 22.3 Å². The predicted molar refractivity (Wildman–Crippen MR) is 88.8 cm³/mol. The smallest absolute Gasteiger partial charge is 0.118 e. The summed E-state index contributed by atoms with van der Waals surface area (Å²) < 4.78 is 10.4. The van der Waals surface area contributed by atoms with Crippen molar-refractivity contribution in [3.8, 4) is 11.5 Å². The summed E-state index contributed by atoms with van der Waals surface area (Å²) in [6.07, 6.45) is 0.990. The van der Waals surface area contributed by atoms with Gasteiger partial charge in [-0.25, -0.2) is 0 Å². The van der Waals surface area contributed by atoms with E-state index in [4.69, 9.17) is 9.47 Å². The van der Waals surface area contributed by atoms with Crippen LogP contribution >= 0.6 is 0 Å². The molecule has 21 heavy (non-hydrogen) atoms. The van der Waals surface area contributed by atoms with Crippen LogP contribution in [0.15, 0.2) is 48.5 Å². The Morgan fingerprint density at radius 2 is 1.19 bits per heavy atom. The third-order valence-electron chi connectivity index (χ3n) is 3.77. The molecule has 0 bridgehead atoms. The molecule has 0 N–H and O–H groups in total. The van der Waals surface area contributed by atoms with Crippen molar-refractivity contribution in [2.45, 2.75) is 20.3 Å². The number of hydrogen-bond acceptors (Lipinski definition) is 2. The summed E-state index contributed by atoms with van der Waals surface area (Å²) in [5, 5.41) is 0. The summed E-state index contributed by atoms with van der Waals surface area (Å²) in [6, 6.07) is 16.5. The Labute approximate surface area is 127 Å². The summed E-state index contributed by atoms with van der Waals surface area (Å²) in [4.78, 5) is 0. The lowest BCUT2D eigenvalue weighted by atomic mass is 9.94. The van der Waals surface area contributed by atoms with E-state index in [9.17, 15) is 0 Å². The topological polar surface area (TPSA) is 18.5 Å². The lowest BCUT2D eigenvalue weighted by Crippen LogP contribution is -1.91. The number of methoxy groups -OCH3 is 2. The molecule has 0 aliphatic carbocycles. The van der Waals surface area contributed by atoms with Crippen molar-refractivity contribution < 1.29 is 9.47 Å². The van der Waals surface area contributed by atoms with Crippen LogP contribution in [0.3, 0.4) is 0 Å². The largest absolute Gasteiger partial charge is 0.497 e. The second-order valence-electron chi connectivity index (χ2n) is 4.91. The molecular weight excluding hydrogens is 260 g/mol. The van der Waals surface area contributed by atoms with Crippen LogP contribution < -0.4 is 9.47 Å². The molecule has 0 aliphatic rings. The van der Waals surface area contributed by atoms with E-state index in [0.29, 0.717) is 0 Å². The van der Waals surface area contributed by atoms with E-state index >= 15 is 0 Å². The molecule has 2 aromatic rings. The van der Waals surface area contributed by atoms with E-state index in [2.05, 4.69) is 38.1 Å². The molecule has 0 atom stereocenters.